The number of hydrogen-bond acceptors (Lipinski definition) is 5. The van der Waals surface area contributed by atoms with Gasteiger partial charge in [0.1, 0.15) is 17.7 Å². The molecule has 1 aliphatic heterocycles. The lowest BCUT2D eigenvalue weighted by atomic mass is 9.87. The van der Waals surface area contributed by atoms with Crippen molar-refractivity contribution in [3.63, 3.8) is 0 Å². The summed E-state index contributed by atoms with van der Waals surface area (Å²) in [4.78, 5) is 44.0. The Bertz CT molecular complexity index is 1610. The molecule has 3 heterocycles. The summed E-state index contributed by atoms with van der Waals surface area (Å²) in [5, 5.41) is 9.53. The van der Waals surface area contributed by atoms with E-state index in [-0.39, 0.29) is 66.5 Å². The van der Waals surface area contributed by atoms with Gasteiger partial charge < -0.3 is 25.7 Å². The second kappa shape index (κ2) is 16.0. The van der Waals surface area contributed by atoms with Crippen LogP contribution in [0, 0.1) is 11.3 Å². The lowest BCUT2D eigenvalue weighted by Crippen LogP contribution is -2.51. The number of halogens is 3. The largest absolute Gasteiger partial charge is 0.465 e. The normalized spacial score (nSPS) is 15.7. The van der Waals surface area contributed by atoms with Gasteiger partial charge in [-0.05, 0) is 46.4 Å². The quantitative estimate of drug-likeness (QED) is 0.148. The summed E-state index contributed by atoms with van der Waals surface area (Å²) in [5.74, 6) is 1.17. The molecular weight excluding hydrogens is 661 g/mol. The van der Waals surface area contributed by atoms with Gasteiger partial charge in [0.05, 0.1) is 35.9 Å². The zero-order chi connectivity index (χ0) is 31.8. The SMILES string of the molecule is CC(C)[C@@H](C(=O)N1CCC[C@H]1c1ncc(-c2ccc(-c3ccc(-c4cnc([C@@H](N)C(C)(C)C)[nH]4)cc3)cc2)[nH]1)N(C)C(=O)O.Cl.Cl.Cl. The average molecular weight is 707 g/mol. The predicted molar refractivity (Wildman–Crippen MR) is 193 cm³/mol. The number of nitrogens with zero attached hydrogens (tertiary/aromatic N) is 4. The van der Waals surface area contributed by atoms with E-state index in [2.05, 4.69) is 89.2 Å². The van der Waals surface area contributed by atoms with E-state index in [1.54, 1.807) is 11.1 Å². The number of likely N-dealkylation sites (tertiary alicyclic amines) is 1. The topological polar surface area (TPSA) is 144 Å². The Morgan fingerprint density at radius 1 is 0.894 bits per heavy atom. The van der Waals surface area contributed by atoms with Crippen molar-refractivity contribution in [3.8, 4) is 33.6 Å². The highest BCUT2D eigenvalue weighted by Gasteiger charge is 2.39. The minimum atomic E-state index is -1.11. The summed E-state index contributed by atoms with van der Waals surface area (Å²) in [7, 11) is 1.46. The van der Waals surface area contributed by atoms with Gasteiger partial charge in [-0.3, -0.25) is 9.69 Å². The fraction of sp³-hybridized carbons (Fsp3) is 0.412. The summed E-state index contributed by atoms with van der Waals surface area (Å²) in [5.41, 5.74) is 12.3. The lowest BCUT2D eigenvalue weighted by Gasteiger charge is -2.33. The highest BCUT2D eigenvalue weighted by molar-refractivity contribution is 5.86. The molecule has 256 valence electrons. The van der Waals surface area contributed by atoms with E-state index in [4.69, 9.17) is 5.73 Å². The van der Waals surface area contributed by atoms with E-state index in [1.807, 2.05) is 20.0 Å². The van der Waals surface area contributed by atoms with Crippen molar-refractivity contribution in [2.45, 2.75) is 65.6 Å². The molecule has 0 spiro atoms. The Hall–Kier alpha value is -3.57. The van der Waals surface area contributed by atoms with Crippen LogP contribution in [0.4, 0.5) is 4.79 Å². The van der Waals surface area contributed by atoms with Crippen LogP contribution in [-0.2, 0) is 4.79 Å². The second-order valence-electron chi connectivity index (χ2n) is 13.1. The Labute approximate surface area is 295 Å². The Morgan fingerprint density at radius 2 is 1.38 bits per heavy atom. The highest BCUT2D eigenvalue weighted by Crippen LogP contribution is 2.34. The highest BCUT2D eigenvalue weighted by atomic mass is 35.5. The molecule has 47 heavy (non-hydrogen) atoms. The van der Waals surface area contributed by atoms with Crippen LogP contribution in [0.25, 0.3) is 33.6 Å². The summed E-state index contributed by atoms with van der Waals surface area (Å²) >= 11 is 0. The van der Waals surface area contributed by atoms with Crippen molar-refractivity contribution in [2.75, 3.05) is 13.6 Å². The minimum absolute atomic E-state index is 0. The maximum atomic E-state index is 13.5. The van der Waals surface area contributed by atoms with Crippen molar-refractivity contribution in [1.82, 2.24) is 29.7 Å². The Kier molecular flexibility index (Phi) is 13.5. The van der Waals surface area contributed by atoms with Gasteiger partial charge in [0.2, 0.25) is 5.91 Å². The third kappa shape index (κ3) is 8.48. The maximum Gasteiger partial charge on any atom is 0.407 e. The third-order valence-corrected chi connectivity index (χ3v) is 8.60. The number of likely N-dealkylation sites (N-methyl/N-ethyl adjacent to an activating group) is 1. The van der Waals surface area contributed by atoms with Crippen LogP contribution < -0.4 is 5.73 Å². The van der Waals surface area contributed by atoms with E-state index >= 15 is 0 Å². The van der Waals surface area contributed by atoms with Crippen molar-refractivity contribution in [1.29, 1.82) is 0 Å². The molecule has 13 heteroatoms. The summed E-state index contributed by atoms with van der Waals surface area (Å²) in [6.07, 6.45) is 4.14. The van der Waals surface area contributed by atoms with Gasteiger partial charge >= 0.3 is 6.09 Å². The molecule has 1 saturated heterocycles. The average Bonchev–Trinajstić information content (AvgIpc) is 3.77. The lowest BCUT2D eigenvalue weighted by molar-refractivity contribution is -0.138. The van der Waals surface area contributed by atoms with Crippen molar-refractivity contribution < 1.29 is 14.7 Å². The van der Waals surface area contributed by atoms with Crippen molar-refractivity contribution in [3.05, 3.63) is 72.6 Å². The van der Waals surface area contributed by atoms with Crippen LogP contribution in [0.1, 0.15) is 71.2 Å². The number of benzene rings is 2. The minimum Gasteiger partial charge on any atom is -0.465 e. The van der Waals surface area contributed by atoms with Crippen LogP contribution in [0.3, 0.4) is 0 Å². The van der Waals surface area contributed by atoms with E-state index in [9.17, 15) is 14.7 Å². The molecule has 0 radical (unpaired) electrons. The molecule has 4 aromatic rings. The smallest absolute Gasteiger partial charge is 0.407 e. The molecule has 0 bridgehead atoms. The standard InChI is InChI=1S/C34H43N7O3.3ClH/c1-20(2)28(40(6)33(43)44)32(42)41-17-7-8-27(41)30-36-18-25(38-30)23-13-9-21(10-14-23)22-11-15-24(16-12-22)26-19-37-31(39-26)29(35)34(3,4)5;;;/h9-16,18-20,27-29H,7-8,17,35H2,1-6H3,(H,36,38)(H,37,39)(H,43,44);3*1H/t27-,28-,29+;;;/m0.../s1. The van der Waals surface area contributed by atoms with E-state index in [0.29, 0.717) is 6.54 Å². The van der Waals surface area contributed by atoms with Gasteiger partial charge in [-0.15, -0.1) is 37.2 Å². The van der Waals surface area contributed by atoms with E-state index in [1.165, 1.54) is 7.05 Å². The maximum absolute atomic E-state index is 13.5. The van der Waals surface area contributed by atoms with Gasteiger partial charge in [0.25, 0.3) is 0 Å². The molecule has 2 aromatic carbocycles. The molecule has 5 N–H and O–H groups in total. The van der Waals surface area contributed by atoms with Crippen LogP contribution in [0.15, 0.2) is 60.9 Å². The number of imidazole rings is 2. The number of carbonyl (C=O) groups is 2. The van der Waals surface area contributed by atoms with Gasteiger partial charge in [-0.25, -0.2) is 14.8 Å². The first-order valence-corrected chi connectivity index (χ1v) is 15.2. The Balaban J connectivity index is 0.00000256. The molecule has 3 atom stereocenters. The molecule has 0 aliphatic carbocycles. The van der Waals surface area contributed by atoms with E-state index < -0.39 is 12.1 Å². The number of carbonyl (C=O) groups excluding carboxylic acids is 1. The summed E-state index contributed by atoms with van der Waals surface area (Å²) < 4.78 is 0. The first-order chi connectivity index (χ1) is 20.8. The number of hydrogen-bond donors (Lipinski definition) is 4. The van der Waals surface area contributed by atoms with Gasteiger partial charge in [-0.1, -0.05) is 83.1 Å². The fourth-order valence-corrected chi connectivity index (χ4v) is 5.89. The number of nitrogens with two attached hydrogens (primary N) is 1. The van der Waals surface area contributed by atoms with Crippen molar-refractivity contribution >= 4 is 49.2 Å². The van der Waals surface area contributed by atoms with Crippen LogP contribution in [-0.4, -0.2) is 66.5 Å². The summed E-state index contributed by atoms with van der Waals surface area (Å²) in [6, 6.07) is 15.5. The molecule has 2 aromatic heterocycles. The number of rotatable bonds is 8. The molecular formula is C34H46Cl3N7O3. The number of aromatic nitrogens is 4. The number of nitrogens with one attached hydrogen (secondary N) is 2. The predicted octanol–water partition coefficient (Wildman–Crippen LogP) is 7.74. The Morgan fingerprint density at radius 3 is 1.87 bits per heavy atom. The molecule has 0 saturated carbocycles. The molecule has 5 rings (SSSR count). The van der Waals surface area contributed by atoms with Crippen LogP contribution in [0.2, 0.25) is 0 Å². The first-order valence-electron chi connectivity index (χ1n) is 15.2. The van der Waals surface area contributed by atoms with E-state index in [0.717, 1.165) is 63.0 Å². The van der Waals surface area contributed by atoms with Gasteiger partial charge in [0, 0.05) is 13.6 Å². The summed E-state index contributed by atoms with van der Waals surface area (Å²) in [6.45, 7) is 10.6. The molecule has 2 amide bonds. The van der Waals surface area contributed by atoms with Crippen molar-refractivity contribution in [2.24, 2.45) is 17.1 Å². The third-order valence-electron chi connectivity index (χ3n) is 8.60. The monoisotopic (exact) mass is 705 g/mol. The number of H-pyrrole nitrogens is 2. The van der Waals surface area contributed by atoms with Gasteiger partial charge in [0.15, 0.2) is 0 Å². The number of aromatic amines is 2. The second-order valence-corrected chi connectivity index (χ2v) is 13.1. The molecule has 1 fully saturated rings. The van der Waals surface area contributed by atoms with Crippen LogP contribution in [0.5, 0.6) is 0 Å². The molecule has 0 unspecified atom stereocenters. The van der Waals surface area contributed by atoms with Gasteiger partial charge in [-0.2, -0.15) is 0 Å². The zero-order valence-corrected chi connectivity index (χ0v) is 30.0. The molecule has 1 aliphatic rings. The number of carboxylic acid groups (broad SMARTS) is 1. The zero-order valence-electron chi connectivity index (χ0n) is 27.6. The molecule has 10 nitrogen and oxygen atoms in total. The number of amides is 2. The first kappa shape index (κ1) is 39.6. The van der Waals surface area contributed by atoms with Crippen LogP contribution >= 0.6 is 37.2 Å². The fourth-order valence-electron chi connectivity index (χ4n) is 5.89.